The molecule has 0 heterocycles. The molecule has 2 aliphatic rings. The van der Waals surface area contributed by atoms with Crippen LogP contribution in [0.2, 0.25) is 0 Å². The minimum atomic E-state index is -0.459. The van der Waals surface area contributed by atoms with Gasteiger partial charge in [-0.05, 0) is 74.1 Å². The van der Waals surface area contributed by atoms with E-state index in [-0.39, 0.29) is 6.61 Å². The fourth-order valence-electron chi connectivity index (χ4n) is 4.26. The third-order valence-corrected chi connectivity index (χ3v) is 6.11. The van der Waals surface area contributed by atoms with Crippen molar-refractivity contribution in [2.45, 2.75) is 58.0 Å². The molecule has 0 bridgehead atoms. The standard InChI is InChI=1S/C24H29N5O2/c1-16(19-10-5-8-17-7-3-4-9-20(17)19)27-31-15-22-21(18-13-14-18)11-6-12-23(22)26-24(30)29(2)28-25/h5-6,8,10-12,18,25H,3-4,7,9,13-15H2,1-2H3,(H,26,30). The molecule has 0 spiro atoms. The van der Waals surface area contributed by atoms with Crippen molar-refractivity contribution in [3.63, 3.8) is 0 Å². The van der Waals surface area contributed by atoms with Crippen LogP contribution in [0.5, 0.6) is 0 Å². The molecule has 2 aromatic rings. The molecule has 7 nitrogen and oxygen atoms in total. The first-order chi connectivity index (χ1) is 15.1. The summed E-state index contributed by atoms with van der Waals surface area (Å²) >= 11 is 0. The second-order valence-electron chi connectivity index (χ2n) is 8.30. The zero-order valence-electron chi connectivity index (χ0n) is 18.1. The van der Waals surface area contributed by atoms with Gasteiger partial charge in [-0.15, -0.1) is 0 Å². The van der Waals surface area contributed by atoms with Crippen LogP contribution in [-0.4, -0.2) is 23.8 Å². The third kappa shape index (κ3) is 4.76. The minimum absolute atomic E-state index is 0.274. The molecule has 0 aliphatic heterocycles. The zero-order chi connectivity index (χ0) is 21.8. The number of anilines is 1. The molecule has 31 heavy (non-hydrogen) atoms. The number of carbonyl (C=O) groups is 1. The molecule has 0 saturated heterocycles. The number of aryl methyl sites for hydroxylation is 1. The molecular formula is C24H29N5O2. The van der Waals surface area contributed by atoms with Gasteiger partial charge >= 0.3 is 6.03 Å². The van der Waals surface area contributed by atoms with Gasteiger partial charge in [-0.2, -0.15) is 10.5 Å². The Morgan fingerprint density at radius 2 is 1.97 bits per heavy atom. The molecule has 2 aromatic carbocycles. The molecule has 7 heteroatoms. The van der Waals surface area contributed by atoms with Crippen molar-refractivity contribution in [1.29, 1.82) is 5.53 Å². The van der Waals surface area contributed by atoms with Crippen molar-refractivity contribution >= 4 is 17.4 Å². The number of amides is 2. The predicted octanol–water partition coefficient (Wildman–Crippen LogP) is 5.79. The largest absolute Gasteiger partial charge is 0.391 e. The Morgan fingerprint density at radius 3 is 2.74 bits per heavy atom. The average molecular weight is 420 g/mol. The second kappa shape index (κ2) is 9.29. The lowest BCUT2D eigenvalue weighted by Gasteiger charge is -2.19. The van der Waals surface area contributed by atoms with Crippen molar-refractivity contribution in [3.8, 4) is 0 Å². The highest BCUT2D eigenvalue weighted by atomic mass is 16.6. The van der Waals surface area contributed by atoms with Crippen LogP contribution in [0.3, 0.4) is 0 Å². The quantitative estimate of drug-likeness (QED) is 0.338. The van der Waals surface area contributed by atoms with Crippen molar-refractivity contribution in [2.75, 3.05) is 12.4 Å². The van der Waals surface area contributed by atoms with Crippen molar-refractivity contribution in [3.05, 3.63) is 64.2 Å². The molecule has 1 fully saturated rings. The molecule has 162 valence electrons. The first-order valence-electron chi connectivity index (χ1n) is 10.9. The summed E-state index contributed by atoms with van der Waals surface area (Å²) in [6.45, 7) is 2.26. The van der Waals surface area contributed by atoms with Crippen LogP contribution in [0.15, 0.2) is 46.8 Å². The number of benzene rings is 2. The van der Waals surface area contributed by atoms with Gasteiger partial charge < -0.3 is 10.2 Å². The van der Waals surface area contributed by atoms with Gasteiger partial charge in [0.2, 0.25) is 0 Å². The Balaban J connectivity index is 1.54. The maximum atomic E-state index is 12.2. The molecular weight excluding hydrogens is 390 g/mol. The maximum Gasteiger partial charge on any atom is 0.343 e. The average Bonchev–Trinajstić information content (AvgIpc) is 3.64. The first-order valence-corrected chi connectivity index (χ1v) is 10.9. The van der Waals surface area contributed by atoms with Gasteiger partial charge in [-0.3, -0.25) is 0 Å². The van der Waals surface area contributed by atoms with Gasteiger partial charge in [0, 0.05) is 23.9 Å². The Morgan fingerprint density at radius 1 is 1.19 bits per heavy atom. The Labute approximate surface area is 182 Å². The summed E-state index contributed by atoms with van der Waals surface area (Å²) in [5, 5.41) is 11.4. The number of urea groups is 1. The molecule has 0 atom stereocenters. The topological polar surface area (TPSA) is 90.1 Å². The number of nitrogens with one attached hydrogen (secondary N) is 2. The summed E-state index contributed by atoms with van der Waals surface area (Å²) in [7, 11) is 1.44. The lowest BCUT2D eigenvalue weighted by atomic mass is 9.87. The van der Waals surface area contributed by atoms with E-state index >= 15 is 0 Å². The number of nitrogens with zero attached hydrogens (tertiary/aromatic N) is 3. The first kappa shape index (κ1) is 21.0. The number of oxime groups is 1. The second-order valence-corrected chi connectivity index (χ2v) is 8.30. The third-order valence-electron chi connectivity index (χ3n) is 6.11. The van der Waals surface area contributed by atoms with E-state index in [4.69, 9.17) is 10.4 Å². The number of carbonyl (C=O) groups excluding carboxylic acids is 1. The van der Waals surface area contributed by atoms with E-state index < -0.39 is 6.03 Å². The molecule has 2 N–H and O–H groups in total. The molecule has 2 aliphatic carbocycles. The fourth-order valence-corrected chi connectivity index (χ4v) is 4.26. The van der Waals surface area contributed by atoms with Crippen LogP contribution < -0.4 is 5.32 Å². The Hall–Kier alpha value is -3.22. The van der Waals surface area contributed by atoms with Gasteiger partial charge in [-0.25, -0.2) is 4.79 Å². The van der Waals surface area contributed by atoms with E-state index in [9.17, 15) is 4.79 Å². The van der Waals surface area contributed by atoms with Crippen LogP contribution in [0.4, 0.5) is 10.5 Å². The van der Waals surface area contributed by atoms with Crippen LogP contribution in [0.25, 0.3) is 0 Å². The normalized spacial score (nSPS) is 15.7. The van der Waals surface area contributed by atoms with Crippen LogP contribution in [0, 0.1) is 5.53 Å². The van der Waals surface area contributed by atoms with Crippen molar-refractivity contribution < 1.29 is 9.63 Å². The smallest absolute Gasteiger partial charge is 0.343 e. The van der Waals surface area contributed by atoms with Gasteiger partial charge in [-0.1, -0.05) is 40.7 Å². The van der Waals surface area contributed by atoms with E-state index in [0.29, 0.717) is 11.6 Å². The van der Waals surface area contributed by atoms with E-state index in [1.165, 1.54) is 42.1 Å². The summed E-state index contributed by atoms with van der Waals surface area (Å²) in [5.41, 5.74) is 14.7. The lowest BCUT2D eigenvalue weighted by molar-refractivity contribution is 0.130. The van der Waals surface area contributed by atoms with Gasteiger partial charge in [0.1, 0.15) is 6.61 Å². The number of fused-ring (bicyclic) bond motifs is 1. The highest BCUT2D eigenvalue weighted by molar-refractivity contribution is 6.00. The molecule has 0 unspecified atom stereocenters. The molecule has 0 aromatic heterocycles. The molecule has 2 amide bonds. The van der Waals surface area contributed by atoms with Crippen molar-refractivity contribution in [1.82, 2.24) is 5.01 Å². The van der Waals surface area contributed by atoms with Crippen LogP contribution >= 0.6 is 0 Å². The van der Waals surface area contributed by atoms with Gasteiger partial charge in [0.05, 0.1) is 5.71 Å². The Kier molecular flexibility index (Phi) is 6.30. The fraction of sp³-hybridized carbons (Fsp3) is 0.417. The van der Waals surface area contributed by atoms with Gasteiger partial charge in [0.25, 0.3) is 0 Å². The maximum absolute atomic E-state index is 12.2. The molecule has 0 radical (unpaired) electrons. The molecule has 1 saturated carbocycles. The van der Waals surface area contributed by atoms with Crippen LogP contribution in [-0.2, 0) is 24.3 Å². The lowest BCUT2D eigenvalue weighted by Crippen LogP contribution is -2.26. The predicted molar refractivity (Wildman–Crippen MR) is 120 cm³/mol. The zero-order valence-corrected chi connectivity index (χ0v) is 18.1. The summed E-state index contributed by atoms with van der Waals surface area (Å²) < 4.78 is 0. The highest BCUT2D eigenvalue weighted by Crippen LogP contribution is 2.43. The summed E-state index contributed by atoms with van der Waals surface area (Å²) in [4.78, 5) is 18.0. The summed E-state index contributed by atoms with van der Waals surface area (Å²) in [6.07, 6.45) is 6.98. The monoisotopic (exact) mass is 419 g/mol. The van der Waals surface area contributed by atoms with Crippen molar-refractivity contribution in [2.24, 2.45) is 10.4 Å². The van der Waals surface area contributed by atoms with Crippen LogP contribution in [0.1, 0.15) is 66.3 Å². The molecule has 4 rings (SSSR count). The number of hydrogen-bond acceptors (Lipinski definition) is 5. The Bertz CT molecular complexity index is 1010. The minimum Gasteiger partial charge on any atom is -0.391 e. The van der Waals surface area contributed by atoms with E-state index in [1.807, 2.05) is 19.1 Å². The highest BCUT2D eigenvalue weighted by Gasteiger charge is 2.28. The van der Waals surface area contributed by atoms with E-state index in [1.54, 1.807) is 0 Å². The summed E-state index contributed by atoms with van der Waals surface area (Å²) in [5.74, 6) is 0.500. The summed E-state index contributed by atoms with van der Waals surface area (Å²) in [6, 6.07) is 11.9. The van der Waals surface area contributed by atoms with E-state index in [2.05, 4.69) is 40.0 Å². The number of hydrogen-bond donors (Lipinski definition) is 2. The van der Waals surface area contributed by atoms with E-state index in [0.717, 1.165) is 42.0 Å². The van der Waals surface area contributed by atoms with Gasteiger partial charge in [0.15, 0.2) is 0 Å². The SMILES string of the molecule is CC(=NOCc1c(NC(=O)N(C)N=N)cccc1C1CC1)c1cccc2c1CCCC2. The number of rotatable bonds is 7.